The molecule has 21 heavy (non-hydrogen) atoms. The number of hydrogen-bond acceptors (Lipinski definition) is 2. The molecule has 5 nitrogen and oxygen atoms in total. The van der Waals surface area contributed by atoms with Crippen LogP contribution in [0.5, 0.6) is 0 Å². The van der Waals surface area contributed by atoms with E-state index in [1.165, 1.54) is 0 Å². The minimum Gasteiger partial charge on any atom is -0.478 e. The van der Waals surface area contributed by atoms with Crippen LogP contribution in [0.1, 0.15) is 37.6 Å². The van der Waals surface area contributed by atoms with E-state index in [1.54, 1.807) is 0 Å². The highest BCUT2D eigenvalue weighted by atomic mass is 19.1. The first-order valence-corrected chi connectivity index (χ1v) is 6.56. The second-order valence-corrected chi connectivity index (χ2v) is 4.97. The number of aromatic carboxylic acids is 1. The number of amides is 2. The van der Waals surface area contributed by atoms with Crippen molar-refractivity contribution in [2.45, 2.75) is 33.2 Å². The van der Waals surface area contributed by atoms with Crippen LogP contribution in [0.25, 0.3) is 0 Å². The number of anilines is 1. The predicted octanol–water partition coefficient (Wildman–Crippen LogP) is 3.22. The Morgan fingerprint density at radius 3 is 2.33 bits per heavy atom. The molecule has 0 aliphatic carbocycles. The molecule has 1 aromatic carbocycles. The highest BCUT2D eigenvalue weighted by Crippen LogP contribution is 2.19. The van der Waals surface area contributed by atoms with Gasteiger partial charge in [-0.05, 0) is 18.4 Å². The number of urea groups is 1. The molecule has 1 atom stereocenters. The van der Waals surface area contributed by atoms with Crippen molar-refractivity contribution in [1.29, 1.82) is 0 Å². The zero-order chi connectivity index (χ0) is 16.2. The maximum Gasteiger partial charge on any atom is 0.338 e. The minimum absolute atomic E-state index is 0.104. The summed E-state index contributed by atoms with van der Waals surface area (Å²) >= 11 is 0. The summed E-state index contributed by atoms with van der Waals surface area (Å²) in [5.41, 5.74) is -1.09. The third-order valence-electron chi connectivity index (χ3n) is 3.10. The standard InChI is InChI=1S/C14H18F2N2O3/c1-4-11(7(2)3)17-14(21)18-12-5-8(13(19)20)9(15)6-10(12)16/h5-7,11H,4H2,1-3H3,(H,19,20)(H2,17,18,21). The summed E-state index contributed by atoms with van der Waals surface area (Å²) in [5.74, 6) is -3.58. The van der Waals surface area contributed by atoms with E-state index >= 15 is 0 Å². The van der Waals surface area contributed by atoms with Crippen LogP contribution in [0.2, 0.25) is 0 Å². The van der Waals surface area contributed by atoms with Gasteiger partial charge >= 0.3 is 12.0 Å². The number of carboxylic acid groups (broad SMARTS) is 1. The Balaban J connectivity index is 2.90. The van der Waals surface area contributed by atoms with Crippen molar-refractivity contribution in [3.05, 3.63) is 29.3 Å². The molecule has 0 saturated heterocycles. The van der Waals surface area contributed by atoms with Gasteiger partial charge in [0.15, 0.2) is 0 Å². The first-order chi connectivity index (χ1) is 9.76. The molecule has 1 rings (SSSR count). The van der Waals surface area contributed by atoms with Gasteiger partial charge in [0, 0.05) is 12.1 Å². The van der Waals surface area contributed by atoms with Gasteiger partial charge < -0.3 is 15.7 Å². The molecule has 0 aromatic heterocycles. The summed E-state index contributed by atoms with van der Waals surface area (Å²) in [5, 5.41) is 13.6. The Labute approximate surface area is 121 Å². The van der Waals surface area contributed by atoms with Gasteiger partial charge in [-0.15, -0.1) is 0 Å². The van der Waals surface area contributed by atoms with Crippen LogP contribution in [0.4, 0.5) is 19.3 Å². The highest BCUT2D eigenvalue weighted by Gasteiger charge is 2.18. The van der Waals surface area contributed by atoms with Crippen molar-refractivity contribution in [1.82, 2.24) is 5.32 Å². The third-order valence-corrected chi connectivity index (χ3v) is 3.10. The van der Waals surface area contributed by atoms with Crippen molar-refractivity contribution in [2.75, 3.05) is 5.32 Å². The van der Waals surface area contributed by atoms with E-state index in [9.17, 15) is 18.4 Å². The normalized spacial score (nSPS) is 12.1. The molecule has 0 bridgehead atoms. The highest BCUT2D eigenvalue weighted by molar-refractivity contribution is 5.93. The van der Waals surface area contributed by atoms with Crippen molar-refractivity contribution in [3.8, 4) is 0 Å². The molecule has 0 fully saturated rings. The summed E-state index contributed by atoms with van der Waals surface area (Å²) in [6, 6.07) is 0.409. The average molecular weight is 300 g/mol. The average Bonchev–Trinajstić information content (AvgIpc) is 2.38. The summed E-state index contributed by atoms with van der Waals surface area (Å²) in [4.78, 5) is 22.6. The van der Waals surface area contributed by atoms with Gasteiger partial charge in [0.25, 0.3) is 0 Å². The summed E-state index contributed by atoms with van der Waals surface area (Å²) < 4.78 is 26.8. The molecule has 1 unspecified atom stereocenters. The maximum atomic E-state index is 13.6. The van der Waals surface area contributed by atoms with Crippen molar-refractivity contribution < 1.29 is 23.5 Å². The molecule has 7 heteroatoms. The molecule has 0 saturated carbocycles. The van der Waals surface area contributed by atoms with Gasteiger partial charge in [0.2, 0.25) is 0 Å². The molecule has 1 aromatic rings. The Kier molecular flexibility index (Phi) is 5.63. The molecule has 2 amide bonds. The first kappa shape index (κ1) is 16.9. The molecule has 0 spiro atoms. The van der Waals surface area contributed by atoms with E-state index in [0.29, 0.717) is 12.5 Å². The Bertz CT molecular complexity index is 547. The number of nitrogens with one attached hydrogen (secondary N) is 2. The molecule has 3 N–H and O–H groups in total. The minimum atomic E-state index is -1.54. The van der Waals surface area contributed by atoms with Crippen LogP contribution < -0.4 is 10.6 Å². The Morgan fingerprint density at radius 2 is 1.86 bits per heavy atom. The smallest absolute Gasteiger partial charge is 0.338 e. The van der Waals surface area contributed by atoms with E-state index in [0.717, 1.165) is 6.07 Å². The maximum absolute atomic E-state index is 13.6. The summed E-state index contributed by atoms with van der Waals surface area (Å²) in [6.07, 6.45) is 0.692. The van der Waals surface area contributed by atoms with E-state index < -0.39 is 29.2 Å². The fourth-order valence-electron chi connectivity index (χ4n) is 1.88. The fourth-order valence-corrected chi connectivity index (χ4v) is 1.88. The first-order valence-electron chi connectivity index (χ1n) is 6.56. The molecular weight excluding hydrogens is 282 g/mol. The fraction of sp³-hybridized carbons (Fsp3) is 0.429. The lowest BCUT2D eigenvalue weighted by molar-refractivity contribution is 0.0692. The quantitative estimate of drug-likeness (QED) is 0.781. The van der Waals surface area contributed by atoms with Crippen LogP contribution in [0, 0.1) is 17.6 Å². The van der Waals surface area contributed by atoms with E-state index in [1.807, 2.05) is 20.8 Å². The number of benzene rings is 1. The second-order valence-electron chi connectivity index (χ2n) is 4.97. The number of carbonyl (C=O) groups is 2. The van der Waals surface area contributed by atoms with Crippen LogP contribution in [0.15, 0.2) is 12.1 Å². The molecule has 116 valence electrons. The number of carbonyl (C=O) groups excluding carboxylic acids is 1. The third kappa shape index (κ3) is 4.40. The van der Waals surface area contributed by atoms with Gasteiger partial charge in [-0.1, -0.05) is 20.8 Å². The Hall–Kier alpha value is -2.18. The molecular formula is C14H18F2N2O3. The molecule has 0 heterocycles. The van der Waals surface area contributed by atoms with Gasteiger partial charge in [-0.3, -0.25) is 0 Å². The van der Waals surface area contributed by atoms with Gasteiger partial charge in [0.1, 0.15) is 11.6 Å². The lowest BCUT2D eigenvalue weighted by Gasteiger charge is -2.21. The largest absolute Gasteiger partial charge is 0.478 e. The Morgan fingerprint density at radius 1 is 1.24 bits per heavy atom. The lowest BCUT2D eigenvalue weighted by Crippen LogP contribution is -2.40. The van der Waals surface area contributed by atoms with E-state index in [2.05, 4.69) is 10.6 Å². The van der Waals surface area contributed by atoms with Crippen molar-refractivity contribution in [3.63, 3.8) is 0 Å². The number of hydrogen-bond donors (Lipinski definition) is 3. The van der Waals surface area contributed by atoms with E-state index in [4.69, 9.17) is 5.11 Å². The summed E-state index contributed by atoms with van der Waals surface area (Å²) in [7, 11) is 0. The number of halogens is 2. The van der Waals surface area contributed by atoms with Crippen LogP contribution in [0.3, 0.4) is 0 Å². The topological polar surface area (TPSA) is 78.4 Å². The second kappa shape index (κ2) is 7.01. The molecule has 0 aliphatic rings. The van der Waals surface area contributed by atoms with Crippen molar-refractivity contribution >= 4 is 17.7 Å². The number of rotatable bonds is 5. The zero-order valence-corrected chi connectivity index (χ0v) is 12.0. The molecule has 0 radical (unpaired) electrons. The zero-order valence-electron chi connectivity index (χ0n) is 12.0. The predicted molar refractivity (Wildman–Crippen MR) is 74.4 cm³/mol. The van der Waals surface area contributed by atoms with Crippen LogP contribution in [-0.4, -0.2) is 23.1 Å². The van der Waals surface area contributed by atoms with Gasteiger partial charge in [0.05, 0.1) is 11.3 Å². The lowest BCUT2D eigenvalue weighted by atomic mass is 10.0. The van der Waals surface area contributed by atoms with Gasteiger partial charge in [-0.25, -0.2) is 18.4 Å². The SMILES string of the molecule is CCC(NC(=O)Nc1cc(C(=O)O)c(F)cc1F)C(C)C. The number of carboxylic acids is 1. The monoisotopic (exact) mass is 300 g/mol. The van der Waals surface area contributed by atoms with Gasteiger partial charge in [-0.2, -0.15) is 0 Å². The van der Waals surface area contributed by atoms with Crippen LogP contribution in [-0.2, 0) is 0 Å². The van der Waals surface area contributed by atoms with Crippen molar-refractivity contribution in [2.24, 2.45) is 5.92 Å². The summed E-state index contributed by atoms with van der Waals surface area (Å²) in [6.45, 7) is 5.75. The van der Waals surface area contributed by atoms with E-state index in [-0.39, 0.29) is 17.6 Å². The van der Waals surface area contributed by atoms with Crippen LogP contribution >= 0.6 is 0 Å². The molecule has 0 aliphatic heterocycles.